The first kappa shape index (κ1) is 24.0. The highest BCUT2D eigenvalue weighted by atomic mass is 15.2. The summed E-state index contributed by atoms with van der Waals surface area (Å²) < 4.78 is 2.44. The Balaban J connectivity index is 1.60. The van der Waals surface area contributed by atoms with Gasteiger partial charge in [-0.1, -0.05) is 92.2 Å². The largest absolute Gasteiger partial charge is 0.327 e. The minimum absolute atomic E-state index is 0.892. The maximum Gasteiger partial charge on any atom is 0.140 e. The molecule has 3 nitrogen and oxygen atoms in total. The molecule has 0 aliphatic heterocycles. The van der Waals surface area contributed by atoms with E-state index in [4.69, 9.17) is 4.98 Å². The molecule has 1 heterocycles. The van der Waals surface area contributed by atoms with Gasteiger partial charge in [-0.05, 0) is 48.9 Å². The molecule has 0 amide bonds. The maximum absolute atomic E-state index is 4.88. The van der Waals surface area contributed by atoms with Gasteiger partial charge >= 0.3 is 0 Å². The Morgan fingerprint density at radius 1 is 0.794 bits per heavy atom. The van der Waals surface area contributed by atoms with Gasteiger partial charge in [-0.3, -0.25) is 4.90 Å². The van der Waals surface area contributed by atoms with E-state index in [9.17, 15) is 0 Å². The van der Waals surface area contributed by atoms with Crippen molar-refractivity contribution in [1.29, 1.82) is 0 Å². The average molecular weight is 452 g/mol. The molecular weight excluding hydrogens is 414 g/mol. The lowest BCUT2D eigenvalue weighted by Crippen LogP contribution is -2.27. The number of unbranched alkanes of at least 4 members (excludes halogenated alkanes) is 1. The zero-order chi connectivity index (χ0) is 23.8. The number of benzene rings is 3. The number of nitrogens with zero attached hydrogens (tertiary/aromatic N) is 3. The summed E-state index contributed by atoms with van der Waals surface area (Å²) in [5.41, 5.74) is 7.96. The third-order valence-electron chi connectivity index (χ3n) is 6.63. The highest BCUT2D eigenvalue weighted by Gasteiger charge is 2.16. The number of imidazole rings is 1. The third kappa shape index (κ3) is 6.24. The van der Waals surface area contributed by atoms with Crippen LogP contribution in [0.4, 0.5) is 0 Å². The predicted molar refractivity (Wildman–Crippen MR) is 143 cm³/mol. The number of hydrogen-bond acceptors (Lipinski definition) is 2. The summed E-state index contributed by atoms with van der Waals surface area (Å²) in [5.74, 6) is 1.08. The number of hydrogen-bond donors (Lipinski definition) is 0. The second-order valence-corrected chi connectivity index (χ2v) is 9.31. The molecule has 3 aromatic carbocycles. The van der Waals surface area contributed by atoms with Crippen molar-refractivity contribution in [3.8, 4) is 11.4 Å². The Bertz CT molecular complexity index is 1160. The van der Waals surface area contributed by atoms with E-state index < -0.39 is 0 Å². The van der Waals surface area contributed by atoms with Crippen molar-refractivity contribution in [2.45, 2.75) is 59.7 Å². The molecule has 0 aliphatic carbocycles. The number of rotatable bonds is 11. The minimum atomic E-state index is 0.892. The van der Waals surface area contributed by atoms with Gasteiger partial charge in [0.25, 0.3) is 0 Å². The van der Waals surface area contributed by atoms with Gasteiger partial charge < -0.3 is 4.57 Å². The van der Waals surface area contributed by atoms with Gasteiger partial charge in [-0.15, -0.1) is 0 Å². The minimum Gasteiger partial charge on any atom is -0.327 e. The van der Waals surface area contributed by atoms with E-state index in [-0.39, 0.29) is 0 Å². The second-order valence-electron chi connectivity index (χ2n) is 9.31. The van der Waals surface area contributed by atoms with Crippen LogP contribution in [0.5, 0.6) is 0 Å². The van der Waals surface area contributed by atoms with Crippen LogP contribution in [-0.2, 0) is 26.1 Å². The molecule has 0 fully saturated rings. The molecule has 0 saturated carbocycles. The lowest BCUT2D eigenvalue weighted by Gasteiger charge is -2.24. The van der Waals surface area contributed by atoms with E-state index >= 15 is 0 Å². The quantitative estimate of drug-likeness (QED) is 0.240. The Morgan fingerprint density at radius 2 is 1.53 bits per heavy atom. The van der Waals surface area contributed by atoms with Crippen LogP contribution >= 0.6 is 0 Å². The normalized spacial score (nSPS) is 11.3. The van der Waals surface area contributed by atoms with Crippen molar-refractivity contribution < 1.29 is 0 Å². The first-order chi connectivity index (χ1) is 16.6. The van der Waals surface area contributed by atoms with Gasteiger partial charge in [-0.2, -0.15) is 0 Å². The molecule has 3 heteroatoms. The molecule has 0 spiro atoms. The van der Waals surface area contributed by atoms with Gasteiger partial charge in [0, 0.05) is 31.7 Å². The Labute approximate surface area is 205 Å². The first-order valence-corrected chi connectivity index (χ1v) is 12.6. The Kier molecular flexibility index (Phi) is 8.32. The molecule has 0 N–H and O–H groups in total. The van der Waals surface area contributed by atoms with Crippen molar-refractivity contribution in [2.24, 2.45) is 0 Å². The molecule has 176 valence electrons. The fraction of sp³-hybridized carbons (Fsp3) is 0.323. The molecule has 4 rings (SSSR count). The molecular formula is C31H37N3. The molecule has 1 aromatic heterocycles. The fourth-order valence-electron chi connectivity index (χ4n) is 4.46. The molecule has 34 heavy (non-hydrogen) atoms. The van der Waals surface area contributed by atoms with E-state index in [1.165, 1.54) is 39.9 Å². The summed E-state index contributed by atoms with van der Waals surface area (Å²) in [4.78, 5) is 7.45. The summed E-state index contributed by atoms with van der Waals surface area (Å²) >= 11 is 0. The van der Waals surface area contributed by atoms with E-state index in [0.29, 0.717) is 0 Å². The smallest absolute Gasteiger partial charge is 0.140 e. The molecule has 0 radical (unpaired) electrons. The van der Waals surface area contributed by atoms with Gasteiger partial charge in [-0.25, -0.2) is 4.98 Å². The zero-order valence-electron chi connectivity index (χ0n) is 20.9. The standard InChI is InChI=1S/C31H37N3/c1-4-5-19-34-30(22-32-31(34)29-14-10-7-11-15-29)24-33(20-18-27-12-8-6-9-13-27)23-28-17-16-25(2)26(3)21-28/h6-17,21-22H,4-5,18-20,23-24H2,1-3H3. The van der Waals surface area contributed by atoms with Gasteiger partial charge in [0.1, 0.15) is 5.82 Å². The van der Waals surface area contributed by atoms with Crippen LogP contribution in [-0.4, -0.2) is 21.0 Å². The SMILES string of the molecule is CCCCn1c(CN(CCc2ccccc2)Cc2ccc(C)c(C)c2)cnc1-c1ccccc1. The summed E-state index contributed by atoms with van der Waals surface area (Å²) in [7, 11) is 0. The lowest BCUT2D eigenvalue weighted by atomic mass is 10.1. The van der Waals surface area contributed by atoms with Gasteiger partial charge in [0.15, 0.2) is 0 Å². The Hall–Kier alpha value is -3.17. The van der Waals surface area contributed by atoms with Gasteiger partial charge in [0.05, 0.1) is 11.9 Å². The van der Waals surface area contributed by atoms with E-state index in [1.54, 1.807) is 0 Å². The van der Waals surface area contributed by atoms with Crippen LogP contribution in [0.2, 0.25) is 0 Å². The predicted octanol–water partition coefficient (Wildman–Crippen LogP) is 7.21. The van der Waals surface area contributed by atoms with E-state index in [0.717, 1.165) is 44.8 Å². The Morgan fingerprint density at radius 3 is 2.24 bits per heavy atom. The molecule has 0 saturated heterocycles. The van der Waals surface area contributed by atoms with Crippen molar-refractivity contribution in [1.82, 2.24) is 14.5 Å². The van der Waals surface area contributed by atoms with Crippen molar-refractivity contribution >= 4 is 0 Å². The summed E-state index contributed by atoms with van der Waals surface area (Å²) in [6.07, 6.45) is 5.46. The topological polar surface area (TPSA) is 21.1 Å². The highest BCUT2D eigenvalue weighted by molar-refractivity contribution is 5.55. The number of aromatic nitrogens is 2. The average Bonchev–Trinajstić information content (AvgIpc) is 3.26. The molecule has 4 aromatic rings. The van der Waals surface area contributed by atoms with Crippen LogP contribution in [0.25, 0.3) is 11.4 Å². The molecule has 0 aliphatic rings. The van der Waals surface area contributed by atoms with Crippen LogP contribution < -0.4 is 0 Å². The summed E-state index contributed by atoms with van der Waals surface area (Å²) in [6, 6.07) is 28.3. The highest BCUT2D eigenvalue weighted by Crippen LogP contribution is 2.22. The third-order valence-corrected chi connectivity index (χ3v) is 6.63. The second kappa shape index (κ2) is 11.8. The zero-order valence-corrected chi connectivity index (χ0v) is 20.9. The van der Waals surface area contributed by atoms with Crippen LogP contribution in [0.3, 0.4) is 0 Å². The van der Waals surface area contributed by atoms with Crippen LogP contribution in [0.1, 0.15) is 47.7 Å². The van der Waals surface area contributed by atoms with E-state index in [1.807, 2.05) is 0 Å². The summed E-state index contributed by atoms with van der Waals surface area (Å²) in [5, 5.41) is 0. The van der Waals surface area contributed by atoms with Crippen LogP contribution in [0.15, 0.2) is 85.1 Å². The maximum atomic E-state index is 4.88. The molecule has 0 bridgehead atoms. The molecule has 0 unspecified atom stereocenters. The fourth-order valence-corrected chi connectivity index (χ4v) is 4.46. The van der Waals surface area contributed by atoms with E-state index in [2.05, 4.69) is 115 Å². The first-order valence-electron chi connectivity index (χ1n) is 12.6. The lowest BCUT2D eigenvalue weighted by molar-refractivity contribution is 0.253. The monoisotopic (exact) mass is 451 g/mol. The number of aryl methyl sites for hydroxylation is 2. The van der Waals surface area contributed by atoms with Gasteiger partial charge in [0.2, 0.25) is 0 Å². The van der Waals surface area contributed by atoms with Crippen molar-refractivity contribution in [2.75, 3.05) is 6.54 Å². The molecule has 0 atom stereocenters. The summed E-state index contributed by atoms with van der Waals surface area (Å²) in [6.45, 7) is 10.5. The van der Waals surface area contributed by atoms with Crippen molar-refractivity contribution in [3.05, 3.63) is 113 Å². The van der Waals surface area contributed by atoms with Crippen molar-refractivity contribution in [3.63, 3.8) is 0 Å². The van der Waals surface area contributed by atoms with Crippen LogP contribution in [0, 0.1) is 13.8 Å².